The second kappa shape index (κ2) is 10.4. The van der Waals surface area contributed by atoms with Gasteiger partial charge in [0, 0.05) is 0 Å². The minimum Gasteiger partial charge on any atom is -0.216 e. The smallest absolute Gasteiger partial charge is 0.0827 e. The maximum atomic E-state index is 12.1. The molecule has 0 aromatic carbocycles. The van der Waals surface area contributed by atoms with Gasteiger partial charge in [-0.15, -0.1) is 0 Å². The van der Waals surface area contributed by atoms with E-state index >= 15 is 0 Å². The molecule has 0 amide bonds. The van der Waals surface area contributed by atoms with Gasteiger partial charge in [0.05, 0.1) is 6.33 Å². The predicted octanol–water partition coefficient (Wildman–Crippen LogP) is 7.44. The van der Waals surface area contributed by atoms with Crippen molar-refractivity contribution in [2.75, 3.05) is 0 Å². The molecule has 0 spiro atoms. The first-order valence-corrected chi connectivity index (χ1v) is 10.1. The summed E-state index contributed by atoms with van der Waals surface area (Å²) in [5.74, 6) is 3.81. The van der Waals surface area contributed by atoms with Crippen molar-refractivity contribution in [2.45, 2.75) is 96.8 Å². The van der Waals surface area contributed by atoms with Crippen LogP contribution in [0.2, 0.25) is 0 Å². The first kappa shape index (κ1) is 18.0. The largest absolute Gasteiger partial charge is 0.216 e. The van der Waals surface area contributed by atoms with Crippen LogP contribution in [0.1, 0.15) is 96.8 Å². The highest BCUT2D eigenvalue weighted by atomic mass is 19.1. The van der Waals surface area contributed by atoms with Gasteiger partial charge in [-0.3, -0.25) is 0 Å². The molecular weight excluding hydrogens is 271 g/mol. The fourth-order valence-corrected chi connectivity index (χ4v) is 4.95. The van der Waals surface area contributed by atoms with E-state index in [1.807, 2.05) is 0 Å². The lowest BCUT2D eigenvalue weighted by Gasteiger charge is -2.37. The normalized spacial score (nSPS) is 33.4. The number of hydrogen-bond donors (Lipinski definition) is 0. The molecule has 0 aromatic rings. The van der Waals surface area contributed by atoms with Crippen molar-refractivity contribution < 1.29 is 4.39 Å². The van der Waals surface area contributed by atoms with Crippen molar-refractivity contribution in [2.24, 2.45) is 23.7 Å². The van der Waals surface area contributed by atoms with E-state index in [9.17, 15) is 4.39 Å². The van der Waals surface area contributed by atoms with Gasteiger partial charge in [0.15, 0.2) is 0 Å². The Balaban J connectivity index is 1.59. The summed E-state index contributed by atoms with van der Waals surface area (Å²) in [6, 6.07) is 0. The van der Waals surface area contributed by atoms with E-state index in [-0.39, 0.29) is 0 Å². The highest BCUT2D eigenvalue weighted by molar-refractivity contribution is 4.85. The Morgan fingerprint density at radius 2 is 1.36 bits per heavy atom. The summed E-state index contributed by atoms with van der Waals surface area (Å²) in [6.07, 6.45) is 22.1. The van der Waals surface area contributed by atoms with Crippen LogP contribution in [0.15, 0.2) is 12.4 Å². The summed E-state index contributed by atoms with van der Waals surface area (Å²) in [5, 5.41) is 0. The van der Waals surface area contributed by atoms with Crippen LogP contribution in [-0.2, 0) is 0 Å². The highest BCUT2D eigenvalue weighted by Crippen LogP contribution is 2.42. The Morgan fingerprint density at radius 3 is 1.91 bits per heavy atom. The summed E-state index contributed by atoms with van der Waals surface area (Å²) in [7, 11) is 0. The zero-order chi connectivity index (χ0) is 15.6. The molecule has 0 bridgehead atoms. The topological polar surface area (TPSA) is 0 Å². The Kier molecular flexibility index (Phi) is 8.55. The molecule has 0 unspecified atom stereocenters. The van der Waals surface area contributed by atoms with Crippen molar-refractivity contribution in [3.05, 3.63) is 12.4 Å². The van der Waals surface area contributed by atoms with Crippen molar-refractivity contribution in [3.63, 3.8) is 0 Å². The van der Waals surface area contributed by atoms with Crippen molar-refractivity contribution >= 4 is 0 Å². The highest BCUT2D eigenvalue weighted by Gasteiger charge is 2.30. The summed E-state index contributed by atoms with van der Waals surface area (Å²) < 4.78 is 12.1. The lowest BCUT2D eigenvalue weighted by Crippen LogP contribution is -2.25. The second-order valence-electron chi connectivity index (χ2n) is 8.01. The van der Waals surface area contributed by atoms with E-state index in [2.05, 4.69) is 6.92 Å². The van der Waals surface area contributed by atoms with Crippen LogP contribution in [-0.4, -0.2) is 0 Å². The Bertz CT molecular complexity index is 293. The maximum Gasteiger partial charge on any atom is 0.0827 e. The fourth-order valence-electron chi connectivity index (χ4n) is 4.95. The van der Waals surface area contributed by atoms with Crippen LogP contribution in [0.25, 0.3) is 0 Å². The molecule has 0 atom stereocenters. The van der Waals surface area contributed by atoms with E-state index in [4.69, 9.17) is 0 Å². The maximum absolute atomic E-state index is 12.1. The van der Waals surface area contributed by atoms with E-state index < -0.39 is 0 Å². The van der Waals surface area contributed by atoms with Crippen molar-refractivity contribution in [1.29, 1.82) is 0 Å². The standard InChI is InChI=1S/C21H37F/c1-2-3-4-5-7-18-9-13-20(14-10-18)21-15-11-19(12-16-21)8-6-17-22/h6,17-21H,2-5,7-16H2,1H3/b17-6+. The summed E-state index contributed by atoms with van der Waals surface area (Å²) in [6.45, 7) is 2.30. The molecule has 0 nitrogen and oxygen atoms in total. The first-order chi connectivity index (χ1) is 10.8. The van der Waals surface area contributed by atoms with Crippen LogP contribution in [0.5, 0.6) is 0 Å². The van der Waals surface area contributed by atoms with Crippen molar-refractivity contribution in [3.8, 4) is 0 Å². The molecule has 2 aliphatic carbocycles. The van der Waals surface area contributed by atoms with Gasteiger partial charge >= 0.3 is 0 Å². The minimum absolute atomic E-state index is 0.730. The molecule has 0 aliphatic heterocycles. The molecule has 1 heteroatoms. The zero-order valence-corrected chi connectivity index (χ0v) is 14.7. The summed E-state index contributed by atoms with van der Waals surface area (Å²) >= 11 is 0. The molecule has 0 heterocycles. The number of unbranched alkanes of at least 4 members (excludes halogenated alkanes) is 3. The average molecular weight is 309 g/mol. The van der Waals surface area contributed by atoms with E-state index in [1.165, 1.54) is 83.5 Å². The molecule has 2 fully saturated rings. The minimum atomic E-state index is 0.730. The third kappa shape index (κ3) is 6.05. The van der Waals surface area contributed by atoms with E-state index in [1.54, 1.807) is 6.08 Å². The predicted molar refractivity (Wildman–Crippen MR) is 94.5 cm³/mol. The van der Waals surface area contributed by atoms with Gasteiger partial charge < -0.3 is 0 Å². The Morgan fingerprint density at radius 1 is 0.773 bits per heavy atom. The third-order valence-corrected chi connectivity index (χ3v) is 6.47. The van der Waals surface area contributed by atoms with Crippen LogP contribution in [0.3, 0.4) is 0 Å². The molecular formula is C21H37F. The molecule has 22 heavy (non-hydrogen) atoms. The molecule has 2 rings (SSSR count). The molecule has 0 aromatic heterocycles. The van der Waals surface area contributed by atoms with Crippen LogP contribution in [0, 0.1) is 23.7 Å². The Labute approximate surface area is 138 Å². The number of rotatable bonds is 8. The molecule has 0 saturated heterocycles. The number of hydrogen-bond acceptors (Lipinski definition) is 0. The number of halogens is 1. The lowest BCUT2D eigenvalue weighted by molar-refractivity contribution is 0.143. The van der Waals surface area contributed by atoms with Gasteiger partial charge in [-0.1, -0.05) is 57.9 Å². The van der Waals surface area contributed by atoms with Gasteiger partial charge in [-0.2, -0.15) is 0 Å². The third-order valence-electron chi connectivity index (χ3n) is 6.47. The van der Waals surface area contributed by atoms with E-state index in [0.29, 0.717) is 0 Å². The molecule has 2 saturated carbocycles. The van der Waals surface area contributed by atoms with Gasteiger partial charge in [-0.05, 0) is 68.6 Å². The van der Waals surface area contributed by atoms with Gasteiger partial charge in [0.2, 0.25) is 0 Å². The molecule has 0 N–H and O–H groups in total. The average Bonchev–Trinajstić information content (AvgIpc) is 2.58. The second-order valence-corrected chi connectivity index (χ2v) is 8.01. The van der Waals surface area contributed by atoms with Gasteiger partial charge in [0.1, 0.15) is 0 Å². The number of allylic oxidation sites excluding steroid dienone is 1. The summed E-state index contributed by atoms with van der Waals surface area (Å²) in [4.78, 5) is 0. The van der Waals surface area contributed by atoms with Crippen LogP contribution in [0.4, 0.5) is 4.39 Å². The summed E-state index contributed by atoms with van der Waals surface area (Å²) in [5.41, 5.74) is 0. The molecule has 128 valence electrons. The van der Waals surface area contributed by atoms with Crippen LogP contribution >= 0.6 is 0 Å². The first-order valence-electron chi connectivity index (χ1n) is 10.1. The lowest BCUT2D eigenvalue weighted by atomic mass is 9.68. The zero-order valence-electron chi connectivity index (χ0n) is 14.7. The molecule has 2 aliphatic rings. The van der Waals surface area contributed by atoms with Gasteiger partial charge in [0.25, 0.3) is 0 Å². The van der Waals surface area contributed by atoms with Gasteiger partial charge in [-0.25, -0.2) is 4.39 Å². The Hall–Kier alpha value is -0.330. The monoisotopic (exact) mass is 308 g/mol. The van der Waals surface area contributed by atoms with Crippen molar-refractivity contribution in [1.82, 2.24) is 0 Å². The SMILES string of the molecule is CCCCCCC1CCC(C2CCC(C/C=C/F)CC2)CC1. The van der Waals surface area contributed by atoms with E-state index in [0.717, 1.165) is 36.4 Å². The van der Waals surface area contributed by atoms with Crippen LogP contribution < -0.4 is 0 Å². The quantitative estimate of drug-likeness (QED) is 0.409. The molecule has 0 radical (unpaired) electrons. The fraction of sp³-hybridized carbons (Fsp3) is 0.905.